The molecule has 0 bridgehead atoms. The molecule has 0 saturated heterocycles. The molecule has 2 aromatic rings. The van der Waals surface area contributed by atoms with Crippen molar-refractivity contribution in [1.82, 2.24) is 0 Å². The van der Waals surface area contributed by atoms with Crippen molar-refractivity contribution in [3.05, 3.63) is 57.1 Å². The number of carbonyl (C=O) groups excluding carboxylic acids is 1. The number of nitro groups is 1. The van der Waals surface area contributed by atoms with Crippen molar-refractivity contribution in [3.8, 4) is 5.75 Å². The third-order valence-corrected chi connectivity index (χ3v) is 3.27. The maximum absolute atomic E-state index is 11.8. The summed E-state index contributed by atoms with van der Waals surface area (Å²) in [5.41, 5.74) is 0.00219. The van der Waals surface area contributed by atoms with Gasteiger partial charge in [0.1, 0.15) is 0 Å². The molecular weight excluding hydrogens is 342 g/mol. The number of phenolic OH excluding ortho intramolecular Hbond substituents is 1. The summed E-state index contributed by atoms with van der Waals surface area (Å²) in [4.78, 5) is 21.8. The Labute approximate surface area is 127 Å². The fourth-order valence-electron chi connectivity index (χ4n) is 1.62. The minimum Gasteiger partial charge on any atom is -0.501 e. The molecule has 0 saturated carbocycles. The molecule has 7 nitrogen and oxygen atoms in total. The van der Waals surface area contributed by atoms with Crippen LogP contribution in [0, 0.1) is 10.1 Å². The van der Waals surface area contributed by atoms with Crippen molar-refractivity contribution in [2.75, 3.05) is 10.6 Å². The number of carbonyl (C=O) groups is 1. The van der Waals surface area contributed by atoms with Gasteiger partial charge in [-0.05, 0) is 34.1 Å². The lowest BCUT2D eigenvalue weighted by molar-refractivity contribution is -0.385. The van der Waals surface area contributed by atoms with Crippen molar-refractivity contribution in [3.63, 3.8) is 0 Å². The summed E-state index contributed by atoms with van der Waals surface area (Å²) >= 11 is 3.27. The molecule has 3 N–H and O–H groups in total. The van der Waals surface area contributed by atoms with Crippen LogP contribution in [-0.2, 0) is 0 Å². The highest BCUT2D eigenvalue weighted by Crippen LogP contribution is 2.33. The summed E-state index contributed by atoms with van der Waals surface area (Å²) < 4.78 is 0.684. The highest BCUT2D eigenvalue weighted by Gasteiger charge is 2.17. The average molecular weight is 352 g/mol. The predicted molar refractivity (Wildman–Crippen MR) is 81.5 cm³/mol. The maximum atomic E-state index is 11.8. The molecule has 0 atom stereocenters. The number of halogens is 1. The Morgan fingerprint density at radius 2 is 1.71 bits per heavy atom. The van der Waals surface area contributed by atoms with Crippen LogP contribution in [0.5, 0.6) is 5.75 Å². The molecule has 0 spiro atoms. The fraction of sp³-hybridized carbons (Fsp3) is 0. The zero-order chi connectivity index (χ0) is 15.4. The third-order valence-electron chi connectivity index (χ3n) is 2.58. The van der Waals surface area contributed by atoms with Crippen molar-refractivity contribution >= 4 is 39.0 Å². The number of rotatable bonds is 3. The number of urea groups is 1. The molecule has 0 aliphatic heterocycles. The Morgan fingerprint density at radius 3 is 2.38 bits per heavy atom. The molecule has 21 heavy (non-hydrogen) atoms. The van der Waals surface area contributed by atoms with Gasteiger partial charge in [-0.15, -0.1) is 0 Å². The number of aromatic hydroxyl groups is 1. The van der Waals surface area contributed by atoms with Crippen LogP contribution in [0.15, 0.2) is 46.9 Å². The lowest BCUT2D eigenvalue weighted by Gasteiger charge is -2.10. The molecule has 0 aliphatic rings. The third kappa shape index (κ3) is 3.48. The van der Waals surface area contributed by atoms with Gasteiger partial charge in [0.05, 0.1) is 16.3 Å². The van der Waals surface area contributed by atoms with E-state index in [1.54, 1.807) is 24.3 Å². The quantitative estimate of drug-likeness (QED) is 0.445. The van der Waals surface area contributed by atoms with Crippen molar-refractivity contribution < 1.29 is 14.8 Å². The topological polar surface area (TPSA) is 104 Å². The van der Waals surface area contributed by atoms with Gasteiger partial charge < -0.3 is 15.7 Å². The van der Waals surface area contributed by atoms with Crippen molar-refractivity contribution in [2.45, 2.75) is 0 Å². The van der Waals surface area contributed by atoms with Crippen LogP contribution in [0.25, 0.3) is 0 Å². The minimum absolute atomic E-state index is 0.0475. The number of para-hydroxylation sites is 2. The number of phenols is 1. The Bertz CT molecular complexity index is 706. The van der Waals surface area contributed by atoms with Crippen LogP contribution < -0.4 is 10.6 Å². The lowest BCUT2D eigenvalue weighted by Crippen LogP contribution is -2.19. The number of benzene rings is 2. The second-order valence-corrected chi connectivity index (χ2v) is 4.84. The molecule has 2 amide bonds. The van der Waals surface area contributed by atoms with E-state index < -0.39 is 22.4 Å². The predicted octanol–water partition coefficient (Wildman–Crippen LogP) is 3.71. The Hall–Kier alpha value is -2.61. The first kappa shape index (κ1) is 14.8. The van der Waals surface area contributed by atoms with E-state index >= 15 is 0 Å². The van der Waals surface area contributed by atoms with Crippen LogP contribution in [0.1, 0.15) is 0 Å². The molecule has 0 radical (unpaired) electrons. The van der Waals surface area contributed by atoms with Gasteiger partial charge in [0.25, 0.3) is 0 Å². The van der Waals surface area contributed by atoms with E-state index in [1.165, 1.54) is 12.1 Å². The number of nitrogens with one attached hydrogen (secondary N) is 2. The van der Waals surface area contributed by atoms with Gasteiger partial charge in [-0.2, -0.15) is 0 Å². The molecule has 108 valence electrons. The van der Waals surface area contributed by atoms with Crippen molar-refractivity contribution in [2.24, 2.45) is 0 Å². The molecule has 0 fully saturated rings. The van der Waals surface area contributed by atoms with E-state index in [2.05, 4.69) is 26.6 Å². The van der Waals surface area contributed by atoms with Crippen LogP contribution in [0.4, 0.5) is 21.9 Å². The second kappa shape index (κ2) is 6.23. The van der Waals surface area contributed by atoms with Crippen LogP contribution >= 0.6 is 15.9 Å². The summed E-state index contributed by atoms with van der Waals surface area (Å²) in [6.45, 7) is 0. The molecular formula is C13H10BrN3O4. The number of hydrogen-bond acceptors (Lipinski definition) is 4. The normalized spacial score (nSPS) is 9.95. The largest absolute Gasteiger partial charge is 0.501 e. The summed E-state index contributed by atoms with van der Waals surface area (Å²) in [6.07, 6.45) is 0. The first-order chi connectivity index (χ1) is 9.99. The van der Waals surface area contributed by atoms with Gasteiger partial charge in [-0.1, -0.05) is 18.2 Å². The summed E-state index contributed by atoms with van der Waals surface area (Å²) in [7, 11) is 0. The Morgan fingerprint density at radius 1 is 1.10 bits per heavy atom. The monoisotopic (exact) mass is 351 g/mol. The fourth-order valence-corrected chi connectivity index (χ4v) is 2.00. The SMILES string of the molecule is O=C(Nc1ccccc1Br)Nc1cccc([N+](=O)[O-])c1O. The lowest BCUT2D eigenvalue weighted by atomic mass is 10.2. The van der Waals surface area contributed by atoms with Crippen LogP contribution in [0.3, 0.4) is 0 Å². The number of nitro benzene ring substituents is 1. The molecule has 0 heterocycles. The van der Waals surface area contributed by atoms with E-state index in [4.69, 9.17) is 0 Å². The smallest absolute Gasteiger partial charge is 0.323 e. The molecule has 2 aromatic carbocycles. The molecule has 0 unspecified atom stereocenters. The zero-order valence-corrected chi connectivity index (χ0v) is 12.1. The van der Waals surface area contributed by atoms with Crippen LogP contribution in [-0.4, -0.2) is 16.1 Å². The van der Waals surface area contributed by atoms with E-state index in [1.807, 2.05) is 0 Å². The molecule has 0 aliphatic carbocycles. The maximum Gasteiger partial charge on any atom is 0.323 e. The summed E-state index contributed by atoms with van der Waals surface area (Å²) in [6, 6.07) is 10.2. The second-order valence-electron chi connectivity index (χ2n) is 3.99. The van der Waals surface area contributed by atoms with Gasteiger partial charge in [0, 0.05) is 10.5 Å². The van der Waals surface area contributed by atoms with Gasteiger partial charge in [0.15, 0.2) is 0 Å². The van der Waals surface area contributed by atoms with E-state index in [9.17, 15) is 20.0 Å². The number of amides is 2. The van der Waals surface area contributed by atoms with Crippen LogP contribution in [0.2, 0.25) is 0 Å². The minimum atomic E-state index is -0.730. The standard InChI is InChI=1S/C13H10BrN3O4/c14-8-4-1-2-5-9(8)15-13(19)16-10-6-3-7-11(12(10)18)17(20)21/h1-7,18H,(H2,15,16,19). The average Bonchev–Trinajstić information content (AvgIpc) is 2.43. The van der Waals surface area contributed by atoms with Gasteiger partial charge in [-0.3, -0.25) is 10.1 Å². The Balaban J connectivity index is 2.15. The van der Waals surface area contributed by atoms with E-state index in [0.29, 0.717) is 10.2 Å². The first-order valence-corrected chi connectivity index (χ1v) is 6.57. The first-order valence-electron chi connectivity index (χ1n) is 5.78. The zero-order valence-electron chi connectivity index (χ0n) is 10.5. The number of hydrogen-bond donors (Lipinski definition) is 3. The van der Waals surface area contributed by atoms with Gasteiger partial charge in [0.2, 0.25) is 5.75 Å². The van der Waals surface area contributed by atoms with E-state index in [-0.39, 0.29) is 5.69 Å². The summed E-state index contributed by atoms with van der Waals surface area (Å²) in [5.74, 6) is -0.593. The van der Waals surface area contributed by atoms with Gasteiger partial charge in [-0.25, -0.2) is 4.79 Å². The van der Waals surface area contributed by atoms with Gasteiger partial charge >= 0.3 is 11.7 Å². The molecule has 0 aromatic heterocycles. The molecule has 8 heteroatoms. The Kier molecular flexibility index (Phi) is 4.39. The summed E-state index contributed by atoms with van der Waals surface area (Å²) in [5, 5.41) is 25.4. The molecule has 2 rings (SSSR count). The highest BCUT2D eigenvalue weighted by atomic mass is 79.9. The number of anilines is 2. The van der Waals surface area contributed by atoms with E-state index in [0.717, 1.165) is 6.07 Å². The van der Waals surface area contributed by atoms with Crippen molar-refractivity contribution in [1.29, 1.82) is 0 Å². The number of nitrogens with zero attached hydrogens (tertiary/aromatic N) is 1. The highest BCUT2D eigenvalue weighted by molar-refractivity contribution is 9.10.